The molecule has 1 aliphatic rings. The van der Waals surface area contributed by atoms with Crippen molar-refractivity contribution in [2.75, 3.05) is 12.4 Å². The maximum atomic E-state index is 12.4. The van der Waals surface area contributed by atoms with Gasteiger partial charge < -0.3 is 15.2 Å². The fourth-order valence-corrected chi connectivity index (χ4v) is 4.57. The van der Waals surface area contributed by atoms with Crippen LogP contribution in [-0.4, -0.2) is 29.1 Å². The Hall–Kier alpha value is -3.19. The van der Waals surface area contributed by atoms with E-state index in [0.717, 1.165) is 16.0 Å². The highest BCUT2D eigenvalue weighted by Gasteiger charge is 2.34. The van der Waals surface area contributed by atoms with Gasteiger partial charge in [-0.05, 0) is 29.3 Å². The number of nitrogens with zero attached hydrogens (tertiary/aromatic N) is 1. The van der Waals surface area contributed by atoms with Gasteiger partial charge in [0.2, 0.25) is 5.91 Å². The van der Waals surface area contributed by atoms with Crippen LogP contribution in [-0.2, 0) is 4.79 Å². The first-order valence-electron chi connectivity index (χ1n) is 8.32. The predicted octanol–water partition coefficient (Wildman–Crippen LogP) is 3.99. The van der Waals surface area contributed by atoms with Crippen molar-refractivity contribution in [3.8, 4) is 16.9 Å². The molecule has 0 spiro atoms. The molecular weight excluding hydrogens is 364 g/mol. The van der Waals surface area contributed by atoms with Gasteiger partial charge in [0.1, 0.15) is 10.6 Å². The number of rotatable bonds is 4. The molecule has 6 nitrogen and oxygen atoms in total. The molecule has 27 heavy (non-hydrogen) atoms. The van der Waals surface area contributed by atoms with E-state index in [-0.39, 0.29) is 23.1 Å². The van der Waals surface area contributed by atoms with Crippen LogP contribution in [0.15, 0.2) is 48.8 Å². The van der Waals surface area contributed by atoms with Crippen LogP contribution >= 0.6 is 11.3 Å². The fraction of sp³-hybridized carbons (Fsp3) is 0.150. The lowest BCUT2D eigenvalue weighted by Gasteiger charge is -2.23. The monoisotopic (exact) mass is 380 g/mol. The first kappa shape index (κ1) is 17.2. The van der Waals surface area contributed by atoms with E-state index < -0.39 is 5.97 Å². The molecule has 0 bridgehead atoms. The van der Waals surface area contributed by atoms with Crippen molar-refractivity contribution in [1.82, 2.24) is 4.98 Å². The van der Waals surface area contributed by atoms with E-state index in [4.69, 9.17) is 4.74 Å². The number of carbonyl (C=O) groups is 2. The van der Waals surface area contributed by atoms with Crippen molar-refractivity contribution in [3.63, 3.8) is 0 Å². The average Bonchev–Trinajstić information content (AvgIpc) is 3.07. The summed E-state index contributed by atoms with van der Waals surface area (Å²) in [7, 11) is 1.57. The number of carbonyl (C=O) groups excluding carboxylic acids is 1. The van der Waals surface area contributed by atoms with Gasteiger partial charge in [0.05, 0.1) is 12.8 Å². The van der Waals surface area contributed by atoms with Gasteiger partial charge in [0.15, 0.2) is 0 Å². The molecule has 2 N–H and O–H groups in total. The number of carboxylic acid groups (broad SMARTS) is 1. The minimum Gasteiger partial charge on any atom is -0.497 e. The number of fused-ring (bicyclic) bond motifs is 1. The number of benzene rings is 1. The van der Waals surface area contributed by atoms with Gasteiger partial charge in [-0.3, -0.25) is 9.78 Å². The number of amides is 1. The van der Waals surface area contributed by atoms with Gasteiger partial charge in [0.25, 0.3) is 0 Å². The molecule has 0 fully saturated rings. The number of nitrogens with one attached hydrogen (secondary N) is 1. The average molecular weight is 380 g/mol. The van der Waals surface area contributed by atoms with Crippen molar-refractivity contribution in [2.24, 2.45) is 0 Å². The van der Waals surface area contributed by atoms with Crippen LogP contribution in [0.3, 0.4) is 0 Å². The Morgan fingerprint density at radius 1 is 1.30 bits per heavy atom. The standard InChI is InChI=1S/C20H16N2O4S/c1-26-13-6-4-11(5-7-13)16-17-18(27-19(16)20(24)25)14(9-15(23)22-17)12-3-2-8-21-10-12/h2-8,10,14H,9H2,1H3,(H,22,23)(H,24,25)/t14-/m0/s1. The third-order valence-corrected chi connectivity index (χ3v) is 5.86. The molecule has 3 aromatic rings. The van der Waals surface area contributed by atoms with Gasteiger partial charge in [-0.2, -0.15) is 0 Å². The Bertz CT molecular complexity index is 1010. The number of hydrogen-bond acceptors (Lipinski definition) is 5. The number of aromatic carboxylic acids is 1. The number of methoxy groups -OCH3 is 1. The van der Waals surface area contributed by atoms with Crippen molar-refractivity contribution < 1.29 is 19.4 Å². The molecule has 3 heterocycles. The highest BCUT2D eigenvalue weighted by molar-refractivity contribution is 7.15. The van der Waals surface area contributed by atoms with Crippen LogP contribution in [0.1, 0.15) is 32.5 Å². The van der Waals surface area contributed by atoms with Crippen LogP contribution in [0.4, 0.5) is 5.69 Å². The number of hydrogen-bond donors (Lipinski definition) is 2. The summed E-state index contributed by atoms with van der Waals surface area (Å²) in [4.78, 5) is 29.5. The van der Waals surface area contributed by atoms with Crippen molar-refractivity contribution in [1.29, 1.82) is 0 Å². The largest absolute Gasteiger partial charge is 0.497 e. The minimum atomic E-state index is -1.01. The fourth-order valence-electron chi connectivity index (χ4n) is 3.32. The minimum absolute atomic E-state index is 0.138. The zero-order valence-corrected chi connectivity index (χ0v) is 15.2. The van der Waals surface area contributed by atoms with Gasteiger partial charge in [-0.1, -0.05) is 18.2 Å². The molecule has 0 saturated carbocycles. The summed E-state index contributed by atoms with van der Waals surface area (Å²) in [5.74, 6) is -0.685. The number of aromatic nitrogens is 1. The van der Waals surface area contributed by atoms with Gasteiger partial charge in [-0.25, -0.2) is 4.79 Å². The maximum Gasteiger partial charge on any atom is 0.346 e. The van der Waals surface area contributed by atoms with Gasteiger partial charge in [-0.15, -0.1) is 11.3 Å². The Labute approximate surface area is 159 Å². The number of carboxylic acids is 1. The highest BCUT2D eigenvalue weighted by Crippen LogP contribution is 2.49. The van der Waals surface area contributed by atoms with Crippen molar-refractivity contribution in [3.05, 3.63) is 64.1 Å². The summed E-state index contributed by atoms with van der Waals surface area (Å²) < 4.78 is 5.18. The molecule has 0 saturated heterocycles. The summed E-state index contributed by atoms with van der Waals surface area (Å²) in [5, 5.41) is 12.6. The number of pyridine rings is 1. The smallest absolute Gasteiger partial charge is 0.346 e. The van der Waals surface area contributed by atoms with Crippen molar-refractivity contribution >= 4 is 28.9 Å². The third kappa shape index (κ3) is 3.06. The normalized spacial score (nSPS) is 15.7. The molecule has 2 aromatic heterocycles. The second kappa shape index (κ2) is 6.85. The van der Waals surface area contributed by atoms with Gasteiger partial charge >= 0.3 is 5.97 Å². The Balaban J connectivity index is 1.91. The first-order chi connectivity index (χ1) is 13.1. The second-order valence-corrected chi connectivity index (χ2v) is 7.22. The summed E-state index contributed by atoms with van der Waals surface area (Å²) in [5.41, 5.74) is 2.73. The molecular formula is C20H16N2O4S. The molecule has 1 aromatic carbocycles. The van der Waals surface area contributed by atoms with E-state index >= 15 is 0 Å². The Kier molecular flexibility index (Phi) is 4.37. The topological polar surface area (TPSA) is 88.5 Å². The molecule has 1 amide bonds. The van der Waals surface area contributed by atoms with Crippen molar-refractivity contribution in [2.45, 2.75) is 12.3 Å². The first-order valence-corrected chi connectivity index (χ1v) is 9.14. The van der Waals surface area contributed by atoms with Gasteiger partial charge in [0, 0.05) is 35.2 Å². The lowest BCUT2D eigenvalue weighted by atomic mass is 9.89. The molecule has 7 heteroatoms. The summed E-state index contributed by atoms with van der Waals surface area (Å²) in [6.45, 7) is 0. The molecule has 1 atom stereocenters. The zero-order valence-electron chi connectivity index (χ0n) is 14.4. The predicted molar refractivity (Wildman–Crippen MR) is 103 cm³/mol. The van der Waals surface area contributed by atoms with Crippen LogP contribution in [0.2, 0.25) is 0 Å². The summed E-state index contributed by atoms with van der Waals surface area (Å²) >= 11 is 1.21. The van der Waals surface area contributed by atoms with E-state index in [0.29, 0.717) is 17.0 Å². The lowest BCUT2D eigenvalue weighted by molar-refractivity contribution is -0.116. The van der Waals surface area contributed by atoms with E-state index in [1.54, 1.807) is 43.8 Å². The molecule has 0 unspecified atom stereocenters. The van der Waals surface area contributed by atoms with E-state index in [9.17, 15) is 14.7 Å². The van der Waals surface area contributed by atoms with Crippen LogP contribution in [0.25, 0.3) is 11.1 Å². The number of ether oxygens (including phenoxy) is 1. The highest BCUT2D eigenvalue weighted by atomic mass is 32.1. The lowest BCUT2D eigenvalue weighted by Crippen LogP contribution is -2.22. The Morgan fingerprint density at radius 3 is 2.70 bits per heavy atom. The van der Waals surface area contributed by atoms with Crippen LogP contribution in [0, 0.1) is 0 Å². The molecule has 1 aliphatic heterocycles. The Morgan fingerprint density at radius 2 is 2.07 bits per heavy atom. The summed E-state index contributed by atoms with van der Waals surface area (Å²) in [6, 6.07) is 10.9. The molecule has 0 radical (unpaired) electrons. The van der Waals surface area contributed by atoms with E-state index in [1.807, 2.05) is 12.1 Å². The van der Waals surface area contributed by atoms with Crippen LogP contribution < -0.4 is 10.1 Å². The third-order valence-electron chi connectivity index (χ3n) is 4.57. The molecule has 136 valence electrons. The van der Waals surface area contributed by atoms with E-state index in [1.165, 1.54) is 11.3 Å². The second-order valence-electron chi connectivity index (χ2n) is 6.17. The van der Waals surface area contributed by atoms with Crippen LogP contribution in [0.5, 0.6) is 5.75 Å². The molecule has 0 aliphatic carbocycles. The maximum absolute atomic E-state index is 12.4. The number of anilines is 1. The molecule has 4 rings (SSSR count). The zero-order chi connectivity index (χ0) is 19.0. The quantitative estimate of drug-likeness (QED) is 0.714. The number of thiophene rings is 1. The summed E-state index contributed by atoms with van der Waals surface area (Å²) in [6.07, 6.45) is 3.66. The van der Waals surface area contributed by atoms with E-state index in [2.05, 4.69) is 10.3 Å². The SMILES string of the molecule is COc1ccc(-c2c(C(=O)O)sc3c2NC(=O)C[C@H]3c2cccnc2)cc1.